The van der Waals surface area contributed by atoms with E-state index < -0.39 is 0 Å². The Balaban J connectivity index is 1.25. The van der Waals surface area contributed by atoms with E-state index in [-0.39, 0.29) is 11.8 Å². The molecule has 1 N–H and O–H groups in total. The number of carbonyl (C=O) groups excluding carboxylic acids is 1. The van der Waals surface area contributed by atoms with Crippen LogP contribution in [0.15, 0.2) is 54.6 Å². The molecule has 1 amide bonds. The standard InChI is InChI=1S/C25H26N4O3/c1-17-5-2-3-7-20(17)21-9-11-24(28-27-21)29-12-4-6-18(16-29)25(30)26-19-8-10-22-23(15-19)32-14-13-31-22/h2-3,5,7-11,15,18H,4,6,12-14,16H2,1H3,(H,26,30). The summed E-state index contributed by atoms with van der Waals surface area (Å²) in [5, 5.41) is 11.9. The Morgan fingerprint density at radius 3 is 2.69 bits per heavy atom. The van der Waals surface area contributed by atoms with Gasteiger partial charge in [0.2, 0.25) is 5.91 Å². The maximum Gasteiger partial charge on any atom is 0.229 e. The molecule has 32 heavy (non-hydrogen) atoms. The van der Waals surface area contributed by atoms with Crippen LogP contribution >= 0.6 is 0 Å². The number of nitrogens with zero attached hydrogens (tertiary/aromatic N) is 3. The molecule has 3 heterocycles. The average molecular weight is 431 g/mol. The van der Waals surface area contributed by atoms with Crippen molar-refractivity contribution in [3.05, 3.63) is 60.2 Å². The molecule has 164 valence electrons. The molecule has 2 aliphatic rings. The molecule has 5 rings (SSSR count). The van der Waals surface area contributed by atoms with Crippen LogP contribution in [0, 0.1) is 12.8 Å². The first-order chi connectivity index (χ1) is 15.7. The SMILES string of the molecule is Cc1ccccc1-c1ccc(N2CCCC(C(=O)Nc3ccc4c(c3)OCCO4)C2)nn1. The summed E-state index contributed by atoms with van der Waals surface area (Å²) in [6, 6.07) is 17.7. The summed E-state index contributed by atoms with van der Waals surface area (Å²) in [5.74, 6) is 2.08. The van der Waals surface area contributed by atoms with Crippen molar-refractivity contribution in [2.45, 2.75) is 19.8 Å². The smallest absolute Gasteiger partial charge is 0.229 e. The van der Waals surface area contributed by atoms with E-state index in [2.05, 4.69) is 39.5 Å². The van der Waals surface area contributed by atoms with Crippen molar-refractivity contribution in [2.75, 3.05) is 36.5 Å². The zero-order chi connectivity index (χ0) is 21.9. The molecular weight excluding hydrogens is 404 g/mol. The van der Waals surface area contributed by atoms with Gasteiger partial charge in [-0.1, -0.05) is 24.3 Å². The summed E-state index contributed by atoms with van der Waals surface area (Å²) >= 11 is 0. The molecule has 1 fully saturated rings. The van der Waals surface area contributed by atoms with Crippen molar-refractivity contribution >= 4 is 17.4 Å². The van der Waals surface area contributed by atoms with E-state index in [1.54, 1.807) is 0 Å². The Morgan fingerprint density at radius 2 is 1.88 bits per heavy atom. The Morgan fingerprint density at radius 1 is 1.03 bits per heavy atom. The maximum atomic E-state index is 12.9. The summed E-state index contributed by atoms with van der Waals surface area (Å²) in [6.07, 6.45) is 1.78. The molecule has 0 spiro atoms. The van der Waals surface area contributed by atoms with Crippen LogP contribution in [0.1, 0.15) is 18.4 Å². The molecule has 3 aromatic rings. The zero-order valence-corrected chi connectivity index (χ0v) is 18.1. The van der Waals surface area contributed by atoms with Gasteiger partial charge in [0.25, 0.3) is 0 Å². The number of carbonyl (C=O) groups is 1. The molecule has 2 aliphatic heterocycles. The van der Waals surface area contributed by atoms with Gasteiger partial charge in [-0.2, -0.15) is 0 Å². The van der Waals surface area contributed by atoms with Crippen LogP contribution < -0.4 is 19.7 Å². The minimum absolute atomic E-state index is 0.0101. The topological polar surface area (TPSA) is 76.6 Å². The van der Waals surface area contributed by atoms with E-state index in [9.17, 15) is 4.79 Å². The van der Waals surface area contributed by atoms with Gasteiger partial charge in [0, 0.05) is 30.4 Å². The highest BCUT2D eigenvalue weighted by Gasteiger charge is 2.27. The van der Waals surface area contributed by atoms with E-state index in [4.69, 9.17) is 9.47 Å². The number of amides is 1. The predicted molar refractivity (Wildman–Crippen MR) is 123 cm³/mol. The van der Waals surface area contributed by atoms with Crippen LogP contribution in [0.5, 0.6) is 11.5 Å². The van der Waals surface area contributed by atoms with Gasteiger partial charge < -0.3 is 19.7 Å². The van der Waals surface area contributed by atoms with Crippen LogP contribution in [0.4, 0.5) is 11.5 Å². The third-order valence-corrected chi connectivity index (χ3v) is 6.00. The fourth-order valence-corrected chi connectivity index (χ4v) is 4.26. The van der Waals surface area contributed by atoms with Crippen molar-refractivity contribution in [2.24, 2.45) is 5.92 Å². The molecule has 1 aromatic heterocycles. The third kappa shape index (κ3) is 4.23. The van der Waals surface area contributed by atoms with Crippen molar-refractivity contribution < 1.29 is 14.3 Å². The summed E-state index contributed by atoms with van der Waals surface area (Å²) in [5.41, 5.74) is 3.83. The largest absolute Gasteiger partial charge is 0.486 e. The molecular formula is C25H26N4O3. The van der Waals surface area contributed by atoms with Crippen LogP contribution in [0.2, 0.25) is 0 Å². The van der Waals surface area contributed by atoms with Crippen LogP contribution in [0.3, 0.4) is 0 Å². The number of fused-ring (bicyclic) bond motifs is 1. The molecule has 0 radical (unpaired) electrons. The predicted octanol–water partition coefficient (Wildman–Crippen LogP) is 4.08. The van der Waals surface area contributed by atoms with E-state index in [0.29, 0.717) is 31.3 Å². The number of benzene rings is 2. The molecule has 1 unspecified atom stereocenters. The van der Waals surface area contributed by atoms with Crippen molar-refractivity contribution in [1.82, 2.24) is 10.2 Å². The molecule has 7 heteroatoms. The lowest BCUT2D eigenvalue weighted by Gasteiger charge is -2.32. The zero-order valence-electron chi connectivity index (χ0n) is 18.1. The lowest BCUT2D eigenvalue weighted by molar-refractivity contribution is -0.120. The Hall–Kier alpha value is -3.61. The lowest BCUT2D eigenvalue weighted by atomic mass is 9.97. The van der Waals surface area contributed by atoms with Gasteiger partial charge in [0.15, 0.2) is 17.3 Å². The van der Waals surface area contributed by atoms with Crippen LogP contribution in [-0.2, 0) is 4.79 Å². The summed E-state index contributed by atoms with van der Waals surface area (Å²) in [6.45, 7) is 4.62. The van der Waals surface area contributed by atoms with E-state index in [1.807, 2.05) is 42.5 Å². The number of hydrogen-bond acceptors (Lipinski definition) is 6. The van der Waals surface area contributed by atoms with Gasteiger partial charge in [0.05, 0.1) is 11.6 Å². The highest BCUT2D eigenvalue weighted by atomic mass is 16.6. The second-order valence-corrected chi connectivity index (χ2v) is 8.22. The second-order valence-electron chi connectivity index (χ2n) is 8.22. The van der Waals surface area contributed by atoms with Crippen LogP contribution in [-0.4, -0.2) is 42.4 Å². The fourth-order valence-electron chi connectivity index (χ4n) is 4.26. The minimum atomic E-state index is -0.116. The van der Waals surface area contributed by atoms with E-state index in [1.165, 1.54) is 5.56 Å². The number of rotatable bonds is 4. The van der Waals surface area contributed by atoms with Crippen molar-refractivity contribution in [3.63, 3.8) is 0 Å². The van der Waals surface area contributed by atoms with Gasteiger partial charge in [-0.25, -0.2) is 0 Å². The number of nitrogens with one attached hydrogen (secondary N) is 1. The van der Waals surface area contributed by atoms with Gasteiger partial charge in [-0.15, -0.1) is 10.2 Å². The molecule has 1 atom stereocenters. The highest BCUT2D eigenvalue weighted by Crippen LogP contribution is 2.33. The van der Waals surface area contributed by atoms with E-state index in [0.717, 1.165) is 42.1 Å². The average Bonchev–Trinajstić information content (AvgIpc) is 2.84. The van der Waals surface area contributed by atoms with Gasteiger partial charge in [-0.05, 0) is 49.6 Å². The number of aryl methyl sites for hydroxylation is 1. The van der Waals surface area contributed by atoms with Crippen molar-refractivity contribution in [1.29, 1.82) is 0 Å². The minimum Gasteiger partial charge on any atom is -0.486 e. The number of aromatic nitrogens is 2. The summed E-state index contributed by atoms with van der Waals surface area (Å²) < 4.78 is 11.2. The fraction of sp³-hybridized carbons (Fsp3) is 0.320. The highest BCUT2D eigenvalue weighted by molar-refractivity contribution is 5.93. The summed E-state index contributed by atoms with van der Waals surface area (Å²) in [7, 11) is 0. The monoisotopic (exact) mass is 430 g/mol. The lowest BCUT2D eigenvalue weighted by Crippen LogP contribution is -2.41. The first-order valence-corrected chi connectivity index (χ1v) is 11.0. The number of anilines is 2. The summed E-state index contributed by atoms with van der Waals surface area (Å²) in [4.78, 5) is 15.1. The van der Waals surface area contributed by atoms with E-state index >= 15 is 0 Å². The maximum absolute atomic E-state index is 12.9. The first kappa shape index (κ1) is 20.3. The molecule has 0 bridgehead atoms. The van der Waals surface area contributed by atoms with Crippen LogP contribution in [0.25, 0.3) is 11.3 Å². The Kier molecular flexibility index (Phi) is 5.62. The molecule has 1 saturated heterocycles. The van der Waals surface area contributed by atoms with Gasteiger partial charge in [-0.3, -0.25) is 4.79 Å². The van der Waals surface area contributed by atoms with Gasteiger partial charge >= 0.3 is 0 Å². The Bertz CT molecular complexity index is 1120. The van der Waals surface area contributed by atoms with Gasteiger partial charge in [0.1, 0.15) is 13.2 Å². The molecule has 0 aliphatic carbocycles. The molecule has 7 nitrogen and oxygen atoms in total. The Labute approximate surface area is 187 Å². The normalized spacial score (nSPS) is 17.7. The number of piperidine rings is 1. The quantitative estimate of drug-likeness (QED) is 0.672. The third-order valence-electron chi connectivity index (χ3n) is 6.00. The molecule has 2 aromatic carbocycles. The number of ether oxygens (including phenoxy) is 2. The second kappa shape index (κ2) is 8.86. The first-order valence-electron chi connectivity index (χ1n) is 11.0. The molecule has 0 saturated carbocycles. The number of hydrogen-bond donors (Lipinski definition) is 1. The van der Waals surface area contributed by atoms with Crippen molar-refractivity contribution in [3.8, 4) is 22.8 Å².